The number of hydrogen-bond acceptors (Lipinski definition) is 3. The quantitative estimate of drug-likeness (QED) is 0.508. The number of aromatic hydroxyl groups is 1. The Morgan fingerprint density at radius 1 is 1.12 bits per heavy atom. The number of rotatable bonds is 5. The molecule has 4 nitrogen and oxygen atoms in total. The Labute approximate surface area is 157 Å². The van der Waals surface area contributed by atoms with Crippen molar-refractivity contribution in [3.05, 3.63) is 94.8 Å². The first-order valence-corrected chi connectivity index (χ1v) is 8.46. The first-order chi connectivity index (χ1) is 12.6. The molecule has 0 aliphatic carbocycles. The molecule has 3 aromatic rings. The SMILES string of the molecule is NC(/C=C/c1ccc(Cc2cccnc2)cc1)=Nc1ccc(Cl)c(O)c1. The Kier molecular flexibility index (Phi) is 5.66. The molecule has 2 aromatic carbocycles. The lowest BCUT2D eigenvalue weighted by Crippen LogP contribution is -2.06. The minimum Gasteiger partial charge on any atom is -0.506 e. The van der Waals surface area contributed by atoms with Crippen LogP contribution in [0.3, 0.4) is 0 Å². The summed E-state index contributed by atoms with van der Waals surface area (Å²) in [6.07, 6.45) is 8.11. The fourth-order valence-corrected chi connectivity index (χ4v) is 2.54. The highest BCUT2D eigenvalue weighted by molar-refractivity contribution is 6.32. The number of halogens is 1. The first-order valence-electron chi connectivity index (χ1n) is 8.09. The highest BCUT2D eigenvalue weighted by Crippen LogP contribution is 2.27. The summed E-state index contributed by atoms with van der Waals surface area (Å²) in [4.78, 5) is 8.36. The van der Waals surface area contributed by atoms with Gasteiger partial charge in [-0.05, 0) is 47.4 Å². The average molecular weight is 364 g/mol. The number of hydrogen-bond donors (Lipinski definition) is 2. The molecule has 0 radical (unpaired) electrons. The summed E-state index contributed by atoms with van der Waals surface area (Å²) >= 11 is 5.78. The predicted molar refractivity (Wildman–Crippen MR) is 107 cm³/mol. The smallest absolute Gasteiger partial charge is 0.136 e. The van der Waals surface area contributed by atoms with Crippen LogP contribution in [0.2, 0.25) is 5.02 Å². The maximum absolute atomic E-state index is 9.59. The van der Waals surface area contributed by atoms with Crippen molar-refractivity contribution in [2.24, 2.45) is 10.7 Å². The number of benzene rings is 2. The van der Waals surface area contributed by atoms with E-state index in [0.717, 1.165) is 12.0 Å². The van der Waals surface area contributed by atoms with Gasteiger partial charge >= 0.3 is 0 Å². The summed E-state index contributed by atoms with van der Waals surface area (Å²) in [6.45, 7) is 0. The third kappa shape index (κ3) is 4.94. The van der Waals surface area contributed by atoms with Gasteiger partial charge in [-0.3, -0.25) is 4.98 Å². The van der Waals surface area contributed by atoms with E-state index < -0.39 is 0 Å². The van der Waals surface area contributed by atoms with Gasteiger partial charge < -0.3 is 10.8 Å². The van der Waals surface area contributed by atoms with E-state index in [-0.39, 0.29) is 10.8 Å². The Bertz CT molecular complexity index is 935. The van der Waals surface area contributed by atoms with Gasteiger partial charge in [0, 0.05) is 18.5 Å². The largest absolute Gasteiger partial charge is 0.506 e. The molecule has 3 N–H and O–H groups in total. The van der Waals surface area contributed by atoms with Crippen molar-refractivity contribution in [2.75, 3.05) is 0 Å². The highest BCUT2D eigenvalue weighted by Gasteiger charge is 1.99. The highest BCUT2D eigenvalue weighted by atomic mass is 35.5. The van der Waals surface area contributed by atoms with Crippen molar-refractivity contribution in [1.82, 2.24) is 4.98 Å². The third-order valence-corrected chi connectivity index (χ3v) is 4.06. The molecule has 0 amide bonds. The molecule has 0 fully saturated rings. The monoisotopic (exact) mass is 363 g/mol. The number of aromatic nitrogens is 1. The van der Waals surface area contributed by atoms with Gasteiger partial charge in [-0.25, -0.2) is 4.99 Å². The zero-order chi connectivity index (χ0) is 18.4. The second-order valence-electron chi connectivity index (χ2n) is 5.79. The minimum atomic E-state index is -0.0195. The first kappa shape index (κ1) is 17.7. The molecule has 0 aliphatic heterocycles. The van der Waals surface area contributed by atoms with Gasteiger partial charge in [0.2, 0.25) is 0 Å². The van der Waals surface area contributed by atoms with Crippen LogP contribution in [0.1, 0.15) is 16.7 Å². The topological polar surface area (TPSA) is 71.5 Å². The van der Waals surface area contributed by atoms with Gasteiger partial charge in [0.1, 0.15) is 11.6 Å². The van der Waals surface area contributed by atoms with E-state index in [1.54, 1.807) is 24.4 Å². The van der Waals surface area contributed by atoms with Gasteiger partial charge in [-0.1, -0.05) is 48.0 Å². The summed E-state index contributed by atoms with van der Waals surface area (Å²) in [5, 5.41) is 9.87. The van der Waals surface area contributed by atoms with Crippen LogP contribution >= 0.6 is 11.6 Å². The summed E-state index contributed by atoms with van der Waals surface area (Å²) in [6, 6.07) is 17.0. The van der Waals surface area contributed by atoms with Crippen LogP contribution in [0.4, 0.5) is 5.69 Å². The van der Waals surface area contributed by atoms with Crippen molar-refractivity contribution >= 4 is 29.2 Å². The zero-order valence-electron chi connectivity index (χ0n) is 14.0. The van der Waals surface area contributed by atoms with Crippen molar-refractivity contribution in [3.63, 3.8) is 0 Å². The number of pyridine rings is 1. The fraction of sp³-hybridized carbons (Fsp3) is 0.0476. The van der Waals surface area contributed by atoms with Crippen LogP contribution in [0.5, 0.6) is 5.75 Å². The van der Waals surface area contributed by atoms with Gasteiger partial charge in [-0.15, -0.1) is 0 Å². The van der Waals surface area contributed by atoms with Crippen LogP contribution in [0.15, 0.2) is 78.1 Å². The van der Waals surface area contributed by atoms with E-state index in [1.165, 1.54) is 17.2 Å². The molecule has 0 unspecified atom stereocenters. The maximum Gasteiger partial charge on any atom is 0.136 e. The Morgan fingerprint density at radius 2 is 1.92 bits per heavy atom. The van der Waals surface area contributed by atoms with Gasteiger partial charge in [-0.2, -0.15) is 0 Å². The summed E-state index contributed by atoms with van der Waals surface area (Å²) in [5.41, 5.74) is 9.88. The number of amidine groups is 1. The molecule has 0 atom stereocenters. The van der Waals surface area contributed by atoms with E-state index in [0.29, 0.717) is 11.5 Å². The van der Waals surface area contributed by atoms with Gasteiger partial charge in [0.05, 0.1) is 10.7 Å². The average Bonchev–Trinajstić information content (AvgIpc) is 2.65. The normalized spacial score (nSPS) is 11.8. The standard InChI is InChI=1S/C21H18ClN3O/c22-19-9-8-18(13-20(19)26)25-21(23)10-7-15-3-5-16(6-4-15)12-17-2-1-11-24-14-17/h1-11,13-14,26H,12H2,(H2,23,25)/b10-7+. The number of phenols is 1. The molecule has 0 aliphatic rings. The van der Waals surface area contributed by atoms with E-state index in [2.05, 4.69) is 28.2 Å². The summed E-state index contributed by atoms with van der Waals surface area (Å²) in [5.74, 6) is 0.320. The molecular weight excluding hydrogens is 346 g/mol. The number of nitrogens with zero attached hydrogens (tertiary/aromatic N) is 2. The predicted octanol–water partition coefficient (Wildman–Crippen LogP) is 4.73. The Morgan fingerprint density at radius 3 is 2.62 bits per heavy atom. The van der Waals surface area contributed by atoms with Gasteiger partial charge in [0.15, 0.2) is 0 Å². The van der Waals surface area contributed by atoms with E-state index in [9.17, 15) is 5.11 Å². The molecule has 0 saturated heterocycles. The van der Waals surface area contributed by atoms with Crippen molar-refractivity contribution < 1.29 is 5.11 Å². The lowest BCUT2D eigenvalue weighted by atomic mass is 10.0. The third-order valence-electron chi connectivity index (χ3n) is 3.75. The molecule has 1 aromatic heterocycles. The molecule has 0 saturated carbocycles. The fourth-order valence-electron chi connectivity index (χ4n) is 2.42. The number of nitrogens with two attached hydrogens (primary N) is 1. The van der Waals surface area contributed by atoms with Crippen LogP contribution in [-0.4, -0.2) is 15.9 Å². The van der Waals surface area contributed by atoms with Crippen molar-refractivity contribution in [2.45, 2.75) is 6.42 Å². The Balaban J connectivity index is 1.66. The van der Waals surface area contributed by atoms with Crippen molar-refractivity contribution in [1.29, 1.82) is 0 Å². The van der Waals surface area contributed by atoms with Crippen LogP contribution in [0.25, 0.3) is 6.08 Å². The summed E-state index contributed by atoms with van der Waals surface area (Å²) < 4.78 is 0. The molecule has 0 bridgehead atoms. The molecule has 3 rings (SSSR count). The molecular formula is C21H18ClN3O. The Hall–Kier alpha value is -3.11. The molecule has 0 spiro atoms. The number of aliphatic imine (C=N–C) groups is 1. The van der Waals surface area contributed by atoms with Crippen LogP contribution < -0.4 is 5.73 Å². The van der Waals surface area contributed by atoms with E-state index >= 15 is 0 Å². The van der Waals surface area contributed by atoms with Crippen LogP contribution in [0, 0.1) is 0 Å². The molecule has 130 valence electrons. The van der Waals surface area contributed by atoms with Crippen LogP contribution in [-0.2, 0) is 6.42 Å². The van der Waals surface area contributed by atoms with Crippen molar-refractivity contribution in [3.8, 4) is 5.75 Å². The second-order valence-corrected chi connectivity index (χ2v) is 6.19. The lowest BCUT2D eigenvalue weighted by molar-refractivity contribution is 0.476. The number of phenolic OH excluding ortho intramolecular Hbond substituents is 1. The van der Waals surface area contributed by atoms with E-state index in [4.69, 9.17) is 17.3 Å². The molecule has 1 heterocycles. The zero-order valence-corrected chi connectivity index (χ0v) is 14.8. The molecule has 5 heteroatoms. The van der Waals surface area contributed by atoms with Gasteiger partial charge in [0.25, 0.3) is 0 Å². The lowest BCUT2D eigenvalue weighted by Gasteiger charge is -2.02. The van der Waals surface area contributed by atoms with E-state index in [1.807, 2.05) is 30.5 Å². The molecule has 26 heavy (non-hydrogen) atoms. The minimum absolute atomic E-state index is 0.0195. The summed E-state index contributed by atoms with van der Waals surface area (Å²) in [7, 11) is 0. The maximum atomic E-state index is 9.59. The second kappa shape index (κ2) is 8.32.